The van der Waals surface area contributed by atoms with Gasteiger partial charge in [-0.15, -0.1) is 11.3 Å². The first kappa shape index (κ1) is 13.7. The molecule has 3 nitrogen and oxygen atoms in total. The second-order valence-corrected chi connectivity index (χ2v) is 6.97. The molecule has 6 heteroatoms. The maximum atomic E-state index is 5.92. The van der Waals surface area contributed by atoms with Crippen LogP contribution in [0.2, 0.25) is 4.34 Å². The van der Waals surface area contributed by atoms with Crippen LogP contribution in [0.4, 0.5) is 5.13 Å². The highest BCUT2D eigenvalue weighted by atomic mass is 35.5. The van der Waals surface area contributed by atoms with Gasteiger partial charge in [-0.25, -0.2) is 4.98 Å². The molecule has 20 heavy (non-hydrogen) atoms. The van der Waals surface area contributed by atoms with Gasteiger partial charge in [0.15, 0.2) is 5.13 Å². The van der Waals surface area contributed by atoms with Crippen molar-refractivity contribution in [2.24, 2.45) is 0 Å². The molecule has 104 valence electrons. The second-order valence-electron chi connectivity index (χ2n) is 4.14. The van der Waals surface area contributed by atoms with Crippen LogP contribution in [0.1, 0.15) is 11.8 Å². The Bertz CT molecular complexity index is 723. The monoisotopic (exact) mass is 324 g/mol. The number of halogens is 1. The Morgan fingerprint density at radius 3 is 2.90 bits per heavy atom. The van der Waals surface area contributed by atoms with Crippen molar-refractivity contribution in [1.82, 2.24) is 4.98 Å². The molecular weight excluding hydrogens is 312 g/mol. The topological polar surface area (TPSA) is 34.1 Å². The summed E-state index contributed by atoms with van der Waals surface area (Å²) in [4.78, 5) is 5.76. The molecule has 0 saturated heterocycles. The van der Waals surface area contributed by atoms with Crippen LogP contribution in [0.5, 0.6) is 5.75 Å². The molecule has 3 aromatic rings. The molecule has 0 saturated carbocycles. The van der Waals surface area contributed by atoms with Crippen LogP contribution < -0.4 is 10.1 Å². The number of aromatic nitrogens is 1. The van der Waals surface area contributed by atoms with Crippen molar-refractivity contribution in [3.63, 3.8) is 0 Å². The number of nitrogens with zero attached hydrogens (tertiary/aromatic N) is 1. The van der Waals surface area contributed by atoms with Crippen molar-refractivity contribution < 1.29 is 4.74 Å². The SMILES string of the molecule is CCOc1ccc2nc(NCc3ccc(Cl)s3)sc2c1. The fourth-order valence-corrected chi connectivity index (χ4v) is 3.76. The minimum Gasteiger partial charge on any atom is -0.494 e. The third-order valence-electron chi connectivity index (χ3n) is 2.71. The van der Waals surface area contributed by atoms with Gasteiger partial charge in [0.25, 0.3) is 0 Å². The van der Waals surface area contributed by atoms with Gasteiger partial charge in [-0.05, 0) is 37.3 Å². The zero-order valence-corrected chi connectivity index (χ0v) is 13.2. The lowest BCUT2D eigenvalue weighted by Crippen LogP contribution is -1.95. The lowest BCUT2D eigenvalue weighted by molar-refractivity contribution is 0.341. The van der Waals surface area contributed by atoms with E-state index in [1.54, 1.807) is 22.7 Å². The van der Waals surface area contributed by atoms with E-state index in [1.165, 1.54) is 4.88 Å². The van der Waals surface area contributed by atoms with E-state index < -0.39 is 0 Å². The maximum absolute atomic E-state index is 5.92. The van der Waals surface area contributed by atoms with E-state index in [2.05, 4.69) is 10.3 Å². The van der Waals surface area contributed by atoms with Crippen LogP contribution in [0.3, 0.4) is 0 Å². The summed E-state index contributed by atoms with van der Waals surface area (Å²) in [5.41, 5.74) is 0.991. The lowest BCUT2D eigenvalue weighted by Gasteiger charge is -2.00. The quantitative estimate of drug-likeness (QED) is 0.715. The Balaban J connectivity index is 1.75. The van der Waals surface area contributed by atoms with Gasteiger partial charge in [-0.2, -0.15) is 0 Å². The normalized spacial score (nSPS) is 10.9. The zero-order valence-electron chi connectivity index (χ0n) is 10.9. The van der Waals surface area contributed by atoms with Gasteiger partial charge in [0.2, 0.25) is 0 Å². The average Bonchev–Trinajstić information content (AvgIpc) is 3.02. The minimum atomic E-state index is 0.675. The fourth-order valence-electron chi connectivity index (χ4n) is 1.85. The Hall–Kier alpha value is -1.30. The summed E-state index contributed by atoms with van der Waals surface area (Å²) in [6.45, 7) is 3.40. The van der Waals surface area contributed by atoms with Gasteiger partial charge in [0.1, 0.15) is 5.75 Å². The Morgan fingerprint density at radius 1 is 1.25 bits per heavy atom. The molecule has 1 aromatic carbocycles. The van der Waals surface area contributed by atoms with E-state index in [9.17, 15) is 0 Å². The number of hydrogen-bond donors (Lipinski definition) is 1. The van der Waals surface area contributed by atoms with Gasteiger partial charge in [-0.1, -0.05) is 22.9 Å². The zero-order chi connectivity index (χ0) is 13.9. The number of fused-ring (bicyclic) bond motifs is 1. The van der Waals surface area contributed by atoms with E-state index in [-0.39, 0.29) is 0 Å². The van der Waals surface area contributed by atoms with Crippen molar-refractivity contribution in [2.75, 3.05) is 11.9 Å². The predicted octanol–water partition coefficient (Wildman–Crippen LogP) is 5.02. The standard InChI is InChI=1S/C14H13ClN2OS2/c1-2-18-9-3-5-11-12(7-9)20-14(17-11)16-8-10-4-6-13(15)19-10/h3-7H,2,8H2,1H3,(H,16,17). The molecule has 2 aromatic heterocycles. The highest BCUT2D eigenvalue weighted by Crippen LogP contribution is 2.30. The van der Waals surface area contributed by atoms with Crippen LogP contribution in [-0.2, 0) is 6.54 Å². The number of anilines is 1. The number of thiazole rings is 1. The van der Waals surface area contributed by atoms with Crippen molar-refractivity contribution in [3.05, 3.63) is 39.5 Å². The van der Waals surface area contributed by atoms with Gasteiger partial charge in [0, 0.05) is 4.88 Å². The molecule has 0 aliphatic carbocycles. The van der Waals surface area contributed by atoms with Crippen LogP contribution in [0.15, 0.2) is 30.3 Å². The Kier molecular flexibility index (Phi) is 4.10. The van der Waals surface area contributed by atoms with Gasteiger partial charge in [0.05, 0.1) is 27.7 Å². The first-order valence-corrected chi connectivity index (χ1v) is 8.27. The number of rotatable bonds is 5. The molecule has 0 unspecified atom stereocenters. The van der Waals surface area contributed by atoms with E-state index in [1.807, 2.05) is 37.3 Å². The summed E-state index contributed by atoms with van der Waals surface area (Å²) in [7, 11) is 0. The van der Waals surface area contributed by atoms with Gasteiger partial charge < -0.3 is 10.1 Å². The van der Waals surface area contributed by atoms with Crippen molar-refractivity contribution in [1.29, 1.82) is 0 Å². The van der Waals surface area contributed by atoms with Crippen LogP contribution in [-0.4, -0.2) is 11.6 Å². The molecule has 2 heterocycles. The summed E-state index contributed by atoms with van der Waals surface area (Å²) in [6.07, 6.45) is 0. The van der Waals surface area contributed by atoms with Crippen molar-refractivity contribution in [2.45, 2.75) is 13.5 Å². The third-order valence-corrected chi connectivity index (χ3v) is 4.92. The highest BCUT2D eigenvalue weighted by molar-refractivity contribution is 7.22. The first-order chi connectivity index (χ1) is 9.74. The van der Waals surface area contributed by atoms with E-state index >= 15 is 0 Å². The second kappa shape index (κ2) is 5.99. The molecule has 0 fully saturated rings. The lowest BCUT2D eigenvalue weighted by atomic mass is 10.3. The number of benzene rings is 1. The van der Waals surface area contributed by atoms with Crippen molar-refractivity contribution in [3.8, 4) is 5.75 Å². The van der Waals surface area contributed by atoms with E-state index in [4.69, 9.17) is 16.3 Å². The average molecular weight is 325 g/mol. The molecule has 3 rings (SSSR count). The fraction of sp³-hybridized carbons (Fsp3) is 0.214. The smallest absolute Gasteiger partial charge is 0.184 e. The summed E-state index contributed by atoms with van der Waals surface area (Å²) in [5.74, 6) is 0.889. The minimum absolute atomic E-state index is 0.675. The molecule has 0 aliphatic rings. The molecule has 0 bridgehead atoms. The Morgan fingerprint density at radius 2 is 2.15 bits per heavy atom. The van der Waals surface area contributed by atoms with E-state index in [0.717, 1.165) is 32.0 Å². The maximum Gasteiger partial charge on any atom is 0.184 e. The largest absolute Gasteiger partial charge is 0.494 e. The molecular formula is C14H13ClN2OS2. The van der Waals surface area contributed by atoms with Crippen molar-refractivity contribution >= 4 is 49.6 Å². The summed E-state index contributed by atoms with van der Waals surface area (Å²) in [5, 5.41) is 4.25. The third kappa shape index (κ3) is 3.06. The number of ether oxygens (including phenoxy) is 1. The molecule has 0 spiro atoms. The van der Waals surface area contributed by atoms with Gasteiger partial charge in [-0.3, -0.25) is 0 Å². The van der Waals surface area contributed by atoms with Crippen LogP contribution in [0, 0.1) is 0 Å². The molecule has 0 aliphatic heterocycles. The molecule has 0 amide bonds. The predicted molar refractivity (Wildman–Crippen MR) is 87.4 cm³/mol. The highest BCUT2D eigenvalue weighted by Gasteiger charge is 2.06. The molecule has 1 N–H and O–H groups in total. The number of hydrogen-bond acceptors (Lipinski definition) is 5. The molecule has 0 radical (unpaired) electrons. The summed E-state index contributed by atoms with van der Waals surface area (Å²) >= 11 is 9.13. The number of thiophene rings is 1. The van der Waals surface area contributed by atoms with Gasteiger partial charge >= 0.3 is 0 Å². The summed E-state index contributed by atoms with van der Waals surface area (Å²) in [6, 6.07) is 9.92. The van der Waals surface area contributed by atoms with Crippen LogP contribution >= 0.6 is 34.3 Å². The first-order valence-electron chi connectivity index (χ1n) is 6.26. The van der Waals surface area contributed by atoms with E-state index in [0.29, 0.717) is 6.61 Å². The summed E-state index contributed by atoms with van der Waals surface area (Å²) < 4.78 is 7.44. The number of nitrogens with one attached hydrogen (secondary N) is 1. The van der Waals surface area contributed by atoms with Crippen LogP contribution in [0.25, 0.3) is 10.2 Å². The molecule has 0 atom stereocenters. The Labute approximate surface area is 130 Å².